The second-order valence-corrected chi connectivity index (χ2v) is 9.40. The third kappa shape index (κ3) is 5.60. The van der Waals surface area contributed by atoms with E-state index in [4.69, 9.17) is 16.3 Å². The number of sulfonamides is 1. The minimum absolute atomic E-state index is 0.0428. The fourth-order valence-electron chi connectivity index (χ4n) is 3.30. The highest BCUT2D eigenvalue weighted by molar-refractivity contribution is 7.92. The van der Waals surface area contributed by atoms with Crippen LogP contribution in [0, 0.1) is 0 Å². The van der Waals surface area contributed by atoms with Crippen molar-refractivity contribution in [1.29, 1.82) is 0 Å². The maximum Gasteiger partial charge on any atom is 0.264 e. The lowest BCUT2D eigenvalue weighted by atomic mass is 10.0. The predicted molar refractivity (Wildman–Crippen MR) is 127 cm³/mol. The van der Waals surface area contributed by atoms with Gasteiger partial charge in [0, 0.05) is 5.02 Å². The van der Waals surface area contributed by atoms with E-state index in [0.717, 1.165) is 9.87 Å². The molecule has 0 aliphatic carbocycles. The fraction of sp³-hybridized carbons (Fsp3) is 0.208. The number of rotatable bonds is 9. The summed E-state index contributed by atoms with van der Waals surface area (Å²) in [6.07, 6.45) is 0.665. The number of amides is 1. The van der Waals surface area contributed by atoms with E-state index in [1.54, 1.807) is 30.3 Å². The molecule has 0 radical (unpaired) electrons. The molecule has 0 aromatic heterocycles. The van der Waals surface area contributed by atoms with E-state index >= 15 is 0 Å². The van der Waals surface area contributed by atoms with Gasteiger partial charge in [-0.25, -0.2) is 8.42 Å². The summed E-state index contributed by atoms with van der Waals surface area (Å²) in [7, 11) is -2.54. The van der Waals surface area contributed by atoms with Crippen LogP contribution in [-0.4, -0.2) is 28.0 Å². The Morgan fingerprint density at radius 2 is 1.72 bits per heavy atom. The Balaban J connectivity index is 1.91. The minimum Gasteiger partial charge on any atom is -0.497 e. The van der Waals surface area contributed by atoms with E-state index in [2.05, 4.69) is 5.32 Å². The Bertz CT molecular complexity index is 1150. The first-order valence-corrected chi connectivity index (χ1v) is 11.9. The number of hydrogen-bond donors (Lipinski definition) is 1. The van der Waals surface area contributed by atoms with Crippen molar-refractivity contribution in [3.05, 3.63) is 89.4 Å². The van der Waals surface area contributed by atoms with Crippen molar-refractivity contribution >= 4 is 33.2 Å². The van der Waals surface area contributed by atoms with E-state index in [9.17, 15) is 13.2 Å². The molecule has 3 aromatic carbocycles. The van der Waals surface area contributed by atoms with Crippen molar-refractivity contribution < 1.29 is 17.9 Å². The Hall–Kier alpha value is -3.03. The average molecular weight is 473 g/mol. The summed E-state index contributed by atoms with van der Waals surface area (Å²) < 4.78 is 33.1. The van der Waals surface area contributed by atoms with Crippen LogP contribution < -0.4 is 14.4 Å². The molecule has 168 valence electrons. The highest BCUT2D eigenvalue weighted by Crippen LogP contribution is 2.27. The molecule has 1 atom stereocenters. The number of carbonyl (C=O) groups is 1. The number of hydrogen-bond acceptors (Lipinski definition) is 4. The van der Waals surface area contributed by atoms with Gasteiger partial charge in [-0.15, -0.1) is 0 Å². The molecule has 1 N–H and O–H groups in total. The minimum atomic E-state index is -4.04. The largest absolute Gasteiger partial charge is 0.497 e. The fourth-order valence-corrected chi connectivity index (χ4v) is 4.90. The van der Waals surface area contributed by atoms with Gasteiger partial charge in [-0.05, 0) is 54.4 Å². The maximum atomic E-state index is 13.5. The van der Waals surface area contributed by atoms with Gasteiger partial charge in [0.25, 0.3) is 10.0 Å². The van der Waals surface area contributed by atoms with E-state index < -0.39 is 22.5 Å². The predicted octanol–water partition coefficient (Wildman–Crippen LogP) is 4.81. The molecule has 0 saturated carbocycles. The lowest BCUT2D eigenvalue weighted by Gasteiger charge is -2.26. The summed E-state index contributed by atoms with van der Waals surface area (Å²) in [5, 5.41) is 3.31. The molecular weight excluding hydrogens is 448 g/mol. The highest BCUT2D eigenvalue weighted by atomic mass is 35.5. The third-order valence-corrected chi connectivity index (χ3v) is 7.00. The first-order valence-electron chi connectivity index (χ1n) is 10.1. The van der Waals surface area contributed by atoms with E-state index in [1.807, 2.05) is 37.3 Å². The molecule has 0 aliphatic rings. The normalized spacial score (nSPS) is 12.1. The SMILES string of the molecule is CC[C@@H](NC(=O)CN(c1cccc(Cl)c1)S(=O)(=O)c1ccc(OC)cc1)c1ccccc1. The molecule has 8 heteroatoms. The molecule has 0 aliphatic heterocycles. The molecule has 32 heavy (non-hydrogen) atoms. The van der Waals surface area contributed by atoms with Gasteiger partial charge in [0.05, 0.1) is 23.7 Å². The van der Waals surface area contributed by atoms with Gasteiger partial charge in [-0.1, -0.05) is 54.9 Å². The van der Waals surface area contributed by atoms with Crippen LogP contribution >= 0.6 is 11.6 Å². The highest BCUT2D eigenvalue weighted by Gasteiger charge is 2.28. The van der Waals surface area contributed by atoms with Crippen molar-refractivity contribution in [3.63, 3.8) is 0 Å². The number of nitrogens with one attached hydrogen (secondary N) is 1. The Morgan fingerprint density at radius 3 is 2.31 bits per heavy atom. The van der Waals surface area contributed by atoms with Crippen molar-refractivity contribution in [3.8, 4) is 5.75 Å². The summed E-state index contributed by atoms with van der Waals surface area (Å²) in [6.45, 7) is 1.57. The summed E-state index contributed by atoms with van der Waals surface area (Å²) in [4.78, 5) is 13.0. The Morgan fingerprint density at radius 1 is 1.03 bits per heavy atom. The molecule has 3 aromatic rings. The van der Waals surface area contributed by atoms with Crippen molar-refractivity contribution in [2.75, 3.05) is 18.0 Å². The molecule has 0 bridgehead atoms. The van der Waals surface area contributed by atoms with Gasteiger partial charge >= 0.3 is 0 Å². The van der Waals surface area contributed by atoms with Crippen LogP contribution in [0.3, 0.4) is 0 Å². The lowest BCUT2D eigenvalue weighted by molar-refractivity contribution is -0.120. The molecule has 6 nitrogen and oxygen atoms in total. The number of carbonyl (C=O) groups excluding carboxylic acids is 1. The van der Waals surface area contributed by atoms with Crippen LogP contribution in [0.25, 0.3) is 0 Å². The van der Waals surface area contributed by atoms with Gasteiger partial charge in [-0.3, -0.25) is 9.10 Å². The topological polar surface area (TPSA) is 75.7 Å². The van der Waals surface area contributed by atoms with Crippen molar-refractivity contribution in [2.45, 2.75) is 24.3 Å². The lowest BCUT2D eigenvalue weighted by Crippen LogP contribution is -2.42. The van der Waals surface area contributed by atoms with Gasteiger partial charge in [0.1, 0.15) is 12.3 Å². The van der Waals surface area contributed by atoms with Crippen LogP contribution in [-0.2, 0) is 14.8 Å². The molecule has 3 rings (SSSR count). The monoisotopic (exact) mass is 472 g/mol. The first-order chi connectivity index (χ1) is 15.3. The van der Waals surface area contributed by atoms with Gasteiger partial charge < -0.3 is 10.1 Å². The second kappa shape index (κ2) is 10.5. The molecule has 0 unspecified atom stereocenters. The maximum absolute atomic E-state index is 13.5. The number of halogens is 1. The molecule has 0 heterocycles. The van der Waals surface area contributed by atoms with Crippen LogP contribution in [0.4, 0.5) is 5.69 Å². The zero-order valence-electron chi connectivity index (χ0n) is 17.9. The quantitative estimate of drug-likeness (QED) is 0.484. The zero-order chi connectivity index (χ0) is 23.1. The third-order valence-electron chi connectivity index (χ3n) is 4.98. The number of nitrogens with zero attached hydrogens (tertiary/aromatic N) is 1. The summed E-state index contributed by atoms with van der Waals surface area (Å²) in [5.74, 6) is 0.113. The summed E-state index contributed by atoms with van der Waals surface area (Å²) >= 11 is 6.11. The molecule has 1 amide bonds. The molecular formula is C24H25ClN2O4S. The Labute approximate surface area is 193 Å². The van der Waals surface area contributed by atoms with Gasteiger partial charge in [0.2, 0.25) is 5.91 Å². The van der Waals surface area contributed by atoms with Crippen LogP contribution in [0.1, 0.15) is 24.9 Å². The number of ether oxygens (including phenoxy) is 1. The molecule has 0 saturated heterocycles. The average Bonchev–Trinajstić information content (AvgIpc) is 2.81. The van der Waals surface area contributed by atoms with E-state index in [-0.39, 0.29) is 10.9 Å². The van der Waals surface area contributed by atoms with Gasteiger partial charge in [-0.2, -0.15) is 0 Å². The van der Waals surface area contributed by atoms with Crippen molar-refractivity contribution in [1.82, 2.24) is 5.32 Å². The van der Waals surface area contributed by atoms with E-state index in [1.165, 1.54) is 25.3 Å². The smallest absolute Gasteiger partial charge is 0.264 e. The Kier molecular flexibility index (Phi) is 7.77. The second-order valence-electron chi connectivity index (χ2n) is 7.11. The standard InChI is InChI=1S/C24H25ClN2O4S/c1-3-23(18-8-5-4-6-9-18)26-24(28)17-27(20-11-7-10-19(25)16-20)32(29,30)22-14-12-21(31-2)13-15-22/h4-16,23H,3,17H2,1-2H3,(H,26,28)/t23-/m1/s1. The van der Waals surface area contributed by atoms with E-state index in [0.29, 0.717) is 22.9 Å². The van der Waals surface area contributed by atoms with Crippen LogP contribution in [0.2, 0.25) is 5.02 Å². The number of benzene rings is 3. The molecule has 0 fully saturated rings. The number of methoxy groups -OCH3 is 1. The van der Waals surface area contributed by atoms with Crippen molar-refractivity contribution in [2.24, 2.45) is 0 Å². The summed E-state index contributed by atoms with van der Waals surface area (Å²) in [5.41, 5.74) is 1.26. The van der Waals surface area contributed by atoms with Gasteiger partial charge in [0.15, 0.2) is 0 Å². The summed E-state index contributed by atoms with van der Waals surface area (Å²) in [6, 6.07) is 21.8. The van der Waals surface area contributed by atoms with Crippen LogP contribution in [0.5, 0.6) is 5.75 Å². The first kappa shape index (κ1) is 23.6. The van der Waals surface area contributed by atoms with Crippen LogP contribution in [0.15, 0.2) is 83.8 Å². The molecule has 0 spiro atoms. The zero-order valence-corrected chi connectivity index (χ0v) is 19.4. The number of anilines is 1.